The van der Waals surface area contributed by atoms with Gasteiger partial charge in [0.1, 0.15) is 6.61 Å². The average Bonchev–Trinajstić information content (AvgIpc) is 3.03. The minimum Gasteiger partial charge on any atom is -0.371 e. The van der Waals surface area contributed by atoms with E-state index in [2.05, 4.69) is 54.0 Å². The summed E-state index contributed by atoms with van der Waals surface area (Å²) >= 11 is 0. The minimum atomic E-state index is 0.118. The summed E-state index contributed by atoms with van der Waals surface area (Å²) in [6.07, 6.45) is 3.58. The summed E-state index contributed by atoms with van der Waals surface area (Å²) in [5.74, 6) is 0.150. The first-order valence-electron chi connectivity index (χ1n) is 10.5. The molecule has 0 saturated carbocycles. The summed E-state index contributed by atoms with van der Waals surface area (Å²) in [7, 11) is 0. The number of piperidine rings is 1. The van der Waals surface area contributed by atoms with Gasteiger partial charge in [0.05, 0.1) is 6.61 Å². The van der Waals surface area contributed by atoms with Gasteiger partial charge in [-0.2, -0.15) is 0 Å². The Balaban J connectivity index is 1.36. The highest BCUT2D eigenvalue weighted by Gasteiger charge is 2.45. The molecule has 148 valence electrons. The number of amides is 1. The van der Waals surface area contributed by atoms with Crippen LogP contribution in [0.25, 0.3) is 0 Å². The molecule has 0 bridgehead atoms. The van der Waals surface area contributed by atoms with Gasteiger partial charge in [-0.1, -0.05) is 18.2 Å². The highest BCUT2D eigenvalue weighted by Crippen LogP contribution is 2.37. The molecule has 1 unspecified atom stereocenters. The molecule has 3 fully saturated rings. The van der Waals surface area contributed by atoms with E-state index in [-0.39, 0.29) is 24.0 Å². The van der Waals surface area contributed by atoms with Gasteiger partial charge in [-0.15, -0.1) is 0 Å². The Morgan fingerprint density at radius 2 is 1.81 bits per heavy atom. The molecule has 5 heteroatoms. The zero-order valence-electron chi connectivity index (χ0n) is 16.8. The van der Waals surface area contributed by atoms with Gasteiger partial charge in [0.15, 0.2) is 0 Å². The van der Waals surface area contributed by atoms with Crippen LogP contribution >= 0.6 is 0 Å². The number of likely N-dealkylation sites (tertiary alicyclic amines) is 1. The van der Waals surface area contributed by atoms with E-state index < -0.39 is 0 Å². The number of anilines is 1. The molecule has 27 heavy (non-hydrogen) atoms. The van der Waals surface area contributed by atoms with Crippen molar-refractivity contribution in [1.29, 1.82) is 0 Å². The molecule has 0 N–H and O–H groups in total. The lowest BCUT2D eigenvalue weighted by Crippen LogP contribution is -2.48. The maximum atomic E-state index is 12.3. The lowest BCUT2D eigenvalue weighted by molar-refractivity contribution is -0.135. The molecular weight excluding hydrogens is 338 g/mol. The SMILES string of the molecule is CC(C)N1CC2(CCN(C3CCN(c4ccccc4)CC3)C2)COCC1=O. The first kappa shape index (κ1) is 18.8. The molecule has 5 nitrogen and oxygen atoms in total. The van der Waals surface area contributed by atoms with E-state index in [9.17, 15) is 4.79 Å². The fourth-order valence-corrected chi connectivity index (χ4v) is 5.06. The molecule has 1 aromatic carbocycles. The van der Waals surface area contributed by atoms with Crippen molar-refractivity contribution >= 4 is 11.6 Å². The molecule has 3 aliphatic rings. The Kier molecular flexibility index (Phi) is 5.42. The molecule has 1 amide bonds. The van der Waals surface area contributed by atoms with E-state index in [0.29, 0.717) is 6.04 Å². The minimum absolute atomic E-state index is 0.118. The summed E-state index contributed by atoms with van der Waals surface area (Å²) < 4.78 is 5.81. The number of carbonyl (C=O) groups is 1. The van der Waals surface area contributed by atoms with E-state index in [4.69, 9.17) is 4.74 Å². The Bertz CT molecular complexity index is 642. The number of hydrogen-bond donors (Lipinski definition) is 0. The van der Waals surface area contributed by atoms with Gasteiger partial charge < -0.3 is 14.5 Å². The number of ether oxygens (including phenoxy) is 1. The predicted octanol–water partition coefficient (Wildman–Crippen LogP) is 2.61. The smallest absolute Gasteiger partial charge is 0.248 e. The quantitative estimate of drug-likeness (QED) is 0.818. The van der Waals surface area contributed by atoms with Crippen LogP contribution in [-0.4, -0.2) is 73.7 Å². The molecule has 0 radical (unpaired) electrons. The number of hydrogen-bond acceptors (Lipinski definition) is 4. The van der Waals surface area contributed by atoms with Crippen LogP contribution in [-0.2, 0) is 9.53 Å². The Morgan fingerprint density at radius 3 is 2.52 bits per heavy atom. The summed E-state index contributed by atoms with van der Waals surface area (Å²) in [6.45, 7) is 10.5. The highest BCUT2D eigenvalue weighted by atomic mass is 16.5. The third kappa shape index (κ3) is 3.99. The van der Waals surface area contributed by atoms with Crippen LogP contribution in [0.5, 0.6) is 0 Å². The number of nitrogens with zero attached hydrogens (tertiary/aromatic N) is 3. The fourth-order valence-electron chi connectivity index (χ4n) is 5.06. The molecule has 4 rings (SSSR count). The Morgan fingerprint density at radius 1 is 1.07 bits per heavy atom. The molecule has 1 spiro atoms. The molecule has 3 heterocycles. The van der Waals surface area contributed by atoms with Gasteiger partial charge in [0, 0.05) is 49.4 Å². The maximum Gasteiger partial charge on any atom is 0.248 e. The highest BCUT2D eigenvalue weighted by molar-refractivity contribution is 5.78. The van der Waals surface area contributed by atoms with Crippen molar-refractivity contribution in [3.05, 3.63) is 30.3 Å². The van der Waals surface area contributed by atoms with Crippen molar-refractivity contribution in [1.82, 2.24) is 9.80 Å². The van der Waals surface area contributed by atoms with Crippen LogP contribution in [0.2, 0.25) is 0 Å². The molecule has 0 aromatic heterocycles. The Hall–Kier alpha value is -1.59. The van der Waals surface area contributed by atoms with Crippen LogP contribution in [0, 0.1) is 5.41 Å². The van der Waals surface area contributed by atoms with E-state index in [1.165, 1.54) is 18.5 Å². The first-order chi connectivity index (χ1) is 13.1. The molecule has 1 atom stereocenters. The summed E-state index contributed by atoms with van der Waals surface area (Å²) in [6, 6.07) is 11.7. The van der Waals surface area contributed by atoms with Gasteiger partial charge in [0.25, 0.3) is 0 Å². The monoisotopic (exact) mass is 371 g/mol. The van der Waals surface area contributed by atoms with E-state index in [1.807, 2.05) is 4.90 Å². The largest absolute Gasteiger partial charge is 0.371 e. The van der Waals surface area contributed by atoms with Crippen LogP contribution in [0.1, 0.15) is 33.1 Å². The van der Waals surface area contributed by atoms with Gasteiger partial charge in [-0.25, -0.2) is 0 Å². The second-order valence-electron chi connectivity index (χ2n) is 8.88. The maximum absolute atomic E-state index is 12.3. The topological polar surface area (TPSA) is 36.0 Å². The van der Waals surface area contributed by atoms with Gasteiger partial charge in [-0.3, -0.25) is 9.69 Å². The average molecular weight is 372 g/mol. The van der Waals surface area contributed by atoms with E-state index in [0.717, 1.165) is 45.8 Å². The normalized spacial score (nSPS) is 28.3. The summed E-state index contributed by atoms with van der Waals surface area (Å²) in [5.41, 5.74) is 1.46. The van der Waals surface area contributed by atoms with Gasteiger partial charge in [0.2, 0.25) is 5.91 Å². The fraction of sp³-hybridized carbons (Fsp3) is 0.682. The third-order valence-electron chi connectivity index (χ3n) is 6.65. The van der Waals surface area contributed by atoms with Gasteiger partial charge >= 0.3 is 0 Å². The lowest BCUT2D eigenvalue weighted by atomic mass is 9.87. The zero-order chi connectivity index (χ0) is 18.9. The zero-order valence-corrected chi connectivity index (χ0v) is 16.8. The molecule has 1 aromatic rings. The second kappa shape index (κ2) is 7.80. The van der Waals surface area contributed by atoms with Crippen molar-refractivity contribution < 1.29 is 9.53 Å². The van der Waals surface area contributed by atoms with Gasteiger partial charge in [-0.05, 0) is 51.8 Å². The van der Waals surface area contributed by atoms with Crippen molar-refractivity contribution in [2.45, 2.75) is 45.2 Å². The molecule has 3 saturated heterocycles. The van der Waals surface area contributed by atoms with Crippen molar-refractivity contribution in [2.75, 3.05) is 50.8 Å². The van der Waals surface area contributed by atoms with Crippen LogP contribution in [0.15, 0.2) is 30.3 Å². The first-order valence-corrected chi connectivity index (χ1v) is 10.5. The Labute approximate surface area is 163 Å². The van der Waals surface area contributed by atoms with Crippen LogP contribution in [0.3, 0.4) is 0 Å². The predicted molar refractivity (Wildman–Crippen MR) is 108 cm³/mol. The van der Waals surface area contributed by atoms with Crippen molar-refractivity contribution in [2.24, 2.45) is 5.41 Å². The summed E-state index contributed by atoms with van der Waals surface area (Å²) in [4.78, 5) is 19.6. The van der Waals surface area contributed by atoms with Crippen molar-refractivity contribution in [3.63, 3.8) is 0 Å². The number of rotatable bonds is 3. The third-order valence-corrected chi connectivity index (χ3v) is 6.65. The van der Waals surface area contributed by atoms with Crippen LogP contribution < -0.4 is 4.90 Å². The summed E-state index contributed by atoms with van der Waals surface area (Å²) in [5, 5.41) is 0. The molecular formula is C22H33N3O2. The second-order valence-corrected chi connectivity index (χ2v) is 8.88. The number of benzene rings is 1. The van der Waals surface area contributed by atoms with E-state index >= 15 is 0 Å². The molecule has 0 aliphatic carbocycles. The van der Waals surface area contributed by atoms with Crippen LogP contribution in [0.4, 0.5) is 5.69 Å². The molecule has 3 aliphatic heterocycles. The standard InChI is InChI=1S/C22H33N3O2/c1-18(2)25-16-22(17-27-14-21(25)26)10-13-24(15-22)20-8-11-23(12-9-20)19-6-4-3-5-7-19/h3-7,18,20H,8-17H2,1-2H3. The number of para-hydroxylation sites is 1. The number of carbonyl (C=O) groups excluding carboxylic acids is 1. The van der Waals surface area contributed by atoms with Crippen molar-refractivity contribution in [3.8, 4) is 0 Å². The van der Waals surface area contributed by atoms with E-state index in [1.54, 1.807) is 0 Å². The lowest BCUT2D eigenvalue weighted by Gasteiger charge is -2.39.